The summed E-state index contributed by atoms with van der Waals surface area (Å²) < 4.78 is 0. The maximum absolute atomic E-state index is 0. The van der Waals surface area contributed by atoms with Crippen LogP contribution in [0.3, 0.4) is 0 Å². The smallest absolute Gasteiger partial charge is 0 e. The van der Waals surface area contributed by atoms with Crippen LogP contribution in [-0.2, 0) is 0 Å². The van der Waals surface area contributed by atoms with Crippen LogP contribution >= 0.6 is 0 Å². The molecule has 13 valence electrons. The van der Waals surface area contributed by atoms with Crippen LogP contribution in [0.1, 0.15) is 0 Å². The van der Waals surface area contributed by atoms with Crippen molar-refractivity contribution in [2.75, 3.05) is 0 Å². The van der Waals surface area contributed by atoms with Crippen LogP contribution in [0.25, 0.3) is 0 Å². The summed E-state index contributed by atoms with van der Waals surface area (Å²) in [4.78, 5) is 0. The van der Waals surface area contributed by atoms with Gasteiger partial charge in [0.2, 0.25) is 0 Å². The predicted octanol–water partition coefficient (Wildman–Crippen LogP) is -1.52. The Hall–Kier alpha value is 2.84. The zero-order valence-corrected chi connectivity index (χ0v) is 12.0. The first kappa shape index (κ1) is 28.9. The van der Waals surface area contributed by atoms with Crippen molar-refractivity contribution >= 4 is 86.9 Å². The summed E-state index contributed by atoms with van der Waals surface area (Å²) in [5.74, 6) is 0. The van der Waals surface area contributed by atoms with Crippen molar-refractivity contribution in [1.82, 2.24) is 0 Å². The molecule has 0 aromatic carbocycles. The van der Waals surface area contributed by atoms with Gasteiger partial charge in [-0.25, -0.2) is 0 Å². The number of rotatable bonds is 0. The van der Waals surface area contributed by atoms with Crippen LogP contribution in [0.15, 0.2) is 0 Å². The van der Waals surface area contributed by atoms with Crippen LogP contribution in [0.4, 0.5) is 0 Å². The zero-order valence-electron chi connectivity index (χ0n) is 2.23. The Bertz CT molecular complexity index is 8.00. The molecule has 0 aromatic rings. The quantitative estimate of drug-likeness (QED) is 0.473. The zero-order chi connectivity index (χ0) is 0. The molecule has 4 heavy (non-hydrogen) atoms. The molecule has 0 bridgehead atoms. The summed E-state index contributed by atoms with van der Waals surface area (Å²) >= 11 is 0. The first-order valence-electron chi connectivity index (χ1n) is 0. The van der Waals surface area contributed by atoms with Gasteiger partial charge in [-0.2, -0.15) is 0 Å². The van der Waals surface area contributed by atoms with Gasteiger partial charge in [0.1, 0.15) is 0 Å². The van der Waals surface area contributed by atoms with Crippen molar-refractivity contribution in [1.29, 1.82) is 0 Å². The van der Waals surface area contributed by atoms with Crippen molar-refractivity contribution < 1.29 is 0 Å². The van der Waals surface area contributed by atoms with E-state index < -0.39 is 0 Å². The van der Waals surface area contributed by atoms with Gasteiger partial charge < -0.3 is 0 Å². The van der Waals surface area contributed by atoms with Gasteiger partial charge in [-0.05, 0) is 0 Å². The van der Waals surface area contributed by atoms with Gasteiger partial charge in [0.05, 0.1) is 0 Å². The Morgan fingerprint density at radius 1 is 1.00 bits per heavy atom. The van der Waals surface area contributed by atoms with Crippen molar-refractivity contribution in [2.24, 2.45) is 0 Å². The molecule has 0 saturated heterocycles. The SMILES string of the molecule is [Al].[Ga].[In].[Sn]. The molecule has 0 N–H and O–H groups in total. The molecule has 13 radical (unpaired) electrons. The molecule has 0 atom stereocenters. The van der Waals surface area contributed by atoms with E-state index in [1.165, 1.54) is 0 Å². The van der Waals surface area contributed by atoms with Crippen LogP contribution in [0.5, 0.6) is 0 Å². The molecule has 0 aromatic heterocycles. The van der Waals surface area contributed by atoms with Crippen LogP contribution in [-0.4, -0.2) is 86.9 Å². The maximum atomic E-state index is 0. The van der Waals surface area contributed by atoms with Crippen LogP contribution in [0.2, 0.25) is 0 Å². The largest absolute Gasteiger partial charge is 0 e. The van der Waals surface area contributed by atoms with Gasteiger partial charge in [0.25, 0.3) is 0 Å². The maximum Gasteiger partial charge on any atom is 0 e. The van der Waals surface area contributed by atoms with Crippen molar-refractivity contribution in [3.8, 4) is 0 Å². The standard InChI is InChI=1S/Al.Ga.In.Sn. The molecule has 0 spiro atoms. The third-order valence-corrected chi connectivity index (χ3v) is 0. The monoisotopic (exact) mass is 331 g/mol. The third-order valence-electron chi connectivity index (χ3n) is 0. The molecule has 0 rings (SSSR count). The van der Waals surface area contributed by atoms with Gasteiger partial charge in [-0.3, -0.25) is 0 Å². The van der Waals surface area contributed by atoms with Crippen molar-refractivity contribution in [3.63, 3.8) is 0 Å². The second-order valence-corrected chi connectivity index (χ2v) is 0. The normalized spacial score (nSPS) is 0. The summed E-state index contributed by atoms with van der Waals surface area (Å²) in [5, 5.41) is 0. The van der Waals surface area contributed by atoms with Gasteiger partial charge in [-0.15, -0.1) is 0 Å². The molecular formula is AlGaInSn. The summed E-state index contributed by atoms with van der Waals surface area (Å²) in [7, 11) is 0. The van der Waals surface area contributed by atoms with Gasteiger partial charge in [0.15, 0.2) is 0 Å². The fourth-order valence-corrected chi connectivity index (χ4v) is 0. The minimum atomic E-state index is 0. The van der Waals surface area contributed by atoms with Crippen LogP contribution < -0.4 is 0 Å². The first-order valence-corrected chi connectivity index (χ1v) is 0. The fraction of sp³-hybridized carbons (Fsp3) is 0. The third kappa shape index (κ3) is 8.85. The topological polar surface area (TPSA) is 0 Å². The van der Waals surface area contributed by atoms with Crippen molar-refractivity contribution in [3.05, 3.63) is 0 Å². The van der Waals surface area contributed by atoms with E-state index in [-0.39, 0.29) is 86.9 Å². The Morgan fingerprint density at radius 3 is 1.00 bits per heavy atom. The van der Waals surface area contributed by atoms with E-state index in [1.54, 1.807) is 0 Å². The summed E-state index contributed by atoms with van der Waals surface area (Å²) in [6.45, 7) is 0. The molecule has 0 unspecified atom stereocenters. The van der Waals surface area contributed by atoms with Crippen LogP contribution in [0, 0.1) is 0 Å². The summed E-state index contributed by atoms with van der Waals surface area (Å²) in [6.07, 6.45) is 0. The fourth-order valence-electron chi connectivity index (χ4n) is 0. The van der Waals surface area contributed by atoms with E-state index in [1.807, 2.05) is 0 Å². The predicted molar refractivity (Wildman–Crippen MR) is 23.0 cm³/mol. The Kier molecular flexibility index (Phi) is 123. The van der Waals surface area contributed by atoms with Gasteiger partial charge in [0, 0.05) is 86.9 Å². The van der Waals surface area contributed by atoms with E-state index in [2.05, 4.69) is 0 Å². The van der Waals surface area contributed by atoms with E-state index in [9.17, 15) is 0 Å². The van der Waals surface area contributed by atoms with E-state index in [0.29, 0.717) is 0 Å². The number of hydrogen-bond donors (Lipinski definition) is 0. The Morgan fingerprint density at radius 2 is 1.00 bits per heavy atom. The van der Waals surface area contributed by atoms with Gasteiger partial charge >= 0.3 is 0 Å². The minimum absolute atomic E-state index is 0. The molecule has 0 fully saturated rings. The summed E-state index contributed by atoms with van der Waals surface area (Å²) in [5.41, 5.74) is 0. The molecule has 0 nitrogen and oxygen atoms in total. The molecular weight excluding hydrogens is 330 g/mol. The minimum Gasteiger partial charge on any atom is 0 e. The Labute approximate surface area is 85.4 Å². The number of hydrogen-bond acceptors (Lipinski definition) is 0. The molecule has 0 amide bonds. The van der Waals surface area contributed by atoms with E-state index in [4.69, 9.17) is 0 Å². The second kappa shape index (κ2) is 17.0. The molecule has 0 aliphatic heterocycles. The first-order chi connectivity index (χ1) is 0. The molecule has 0 aliphatic carbocycles. The average Bonchev–Trinajstić information content (AvgIpc) is 0. The summed E-state index contributed by atoms with van der Waals surface area (Å²) in [6, 6.07) is 0. The molecule has 0 aliphatic rings. The van der Waals surface area contributed by atoms with E-state index in [0.717, 1.165) is 0 Å². The molecule has 4 heteroatoms. The molecule has 0 saturated carbocycles. The second-order valence-electron chi connectivity index (χ2n) is 0. The van der Waals surface area contributed by atoms with Gasteiger partial charge in [-0.1, -0.05) is 0 Å². The molecule has 0 heterocycles. The Balaban J connectivity index is 0. The average molecular weight is 330 g/mol. The van der Waals surface area contributed by atoms with Crippen molar-refractivity contribution in [2.45, 2.75) is 0 Å². The van der Waals surface area contributed by atoms with E-state index >= 15 is 0 Å².